The molecule has 1 aromatic heterocycles. The van der Waals surface area contributed by atoms with Gasteiger partial charge in [-0.2, -0.15) is 5.26 Å². The second-order valence-corrected chi connectivity index (χ2v) is 9.63. The maximum atomic E-state index is 13.2. The van der Waals surface area contributed by atoms with Gasteiger partial charge in [0.05, 0.1) is 11.5 Å². The van der Waals surface area contributed by atoms with E-state index in [4.69, 9.17) is 5.73 Å². The molecule has 30 heavy (non-hydrogen) atoms. The van der Waals surface area contributed by atoms with Crippen LogP contribution in [-0.2, 0) is 17.6 Å². The Morgan fingerprint density at radius 1 is 1.33 bits per heavy atom. The van der Waals surface area contributed by atoms with Crippen LogP contribution in [0.4, 0.5) is 9.80 Å². The van der Waals surface area contributed by atoms with Crippen molar-refractivity contribution in [2.45, 2.75) is 38.6 Å². The number of anilines is 1. The maximum absolute atomic E-state index is 13.2. The van der Waals surface area contributed by atoms with Crippen molar-refractivity contribution in [1.29, 1.82) is 5.26 Å². The van der Waals surface area contributed by atoms with Gasteiger partial charge in [-0.05, 0) is 51.3 Å². The summed E-state index contributed by atoms with van der Waals surface area (Å²) in [5.41, 5.74) is 7.69. The molecule has 1 aromatic rings. The number of likely N-dealkylation sites (N-methyl/N-ethyl adjacent to an activating group) is 1. The van der Waals surface area contributed by atoms with Gasteiger partial charge in [0.1, 0.15) is 11.1 Å². The van der Waals surface area contributed by atoms with Crippen LogP contribution in [0.1, 0.15) is 35.8 Å². The lowest BCUT2D eigenvalue weighted by Gasteiger charge is -2.40. The SMILES string of the molecule is CCCN(C(=O)NCCN(C)C)C(=O)[C@H]1CN[C@@H]2Cc3sc(N)c(C#N)c3CC2C1. The van der Waals surface area contributed by atoms with Crippen molar-refractivity contribution in [1.82, 2.24) is 20.4 Å². The first-order valence-electron chi connectivity index (χ1n) is 10.6. The Balaban J connectivity index is 1.67. The minimum Gasteiger partial charge on any atom is -0.389 e. The summed E-state index contributed by atoms with van der Waals surface area (Å²) in [5.74, 6) is -0.0802. The Morgan fingerprint density at radius 2 is 2.10 bits per heavy atom. The third-order valence-corrected chi connectivity index (χ3v) is 7.11. The average Bonchev–Trinajstić information content (AvgIpc) is 3.02. The maximum Gasteiger partial charge on any atom is 0.324 e. The van der Waals surface area contributed by atoms with Gasteiger partial charge in [-0.15, -0.1) is 11.3 Å². The highest BCUT2D eigenvalue weighted by molar-refractivity contribution is 7.16. The number of nitrogens with two attached hydrogens (primary N) is 1. The molecule has 1 fully saturated rings. The number of hydrogen-bond donors (Lipinski definition) is 3. The summed E-state index contributed by atoms with van der Waals surface area (Å²) in [6.07, 6.45) is 3.06. The predicted molar refractivity (Wildman–Crippen MR) is 118 cm³/mol. The first-order chi connectivity index (χ1) is 14.3. The van der Waals surface area contributed by atoms with Crippen LogP contribution in [-0.4, -0.2) is 68.1 Å². The van der Waals surface area contributed by atoms with E-state index in [-0.39, 0.29) is 23.8 Å². The Bertz CT molecular complexity index is 830. The van der Waals surface area contributed by atoms with Gasteiger partial charge >= 0.3 is 6.03 Å². The van der Waals surface area contributed by atoms with Crippen molar-refractivity contribution in [2.75, 3.05) is 46.0 Å². The molecule has 0 saturated carbocycles. The normalized spacial score (nSPS) is 22.7. The molecule has 0 spiro atoms. The summed E-state index contributed by atoms with van der Waals surface area (Å²) < 4.78 is 0. The van der Waals surface area contributed by atoms with E-state index in [1.165, 1.54) is 21.1 Å². The van der Waals surface area contributed by atoms with Crippen molar-refractivity contribution in [3.8, 4) is 6.07 Å². The van der Waals surface area contributed by atoms with Crippen LogP contribution in [0, 0.1) is 23.2 Å². The Labute approximate surface area is 182 Å². The Morgan fingerprint density at radius 3 is 2.77 bits per heavy atom. The highest BCUT2D eigenvalue weighted by Gasteiger charge is 2.40. The number of nitrogens with one attached hydrogen (secondary N) is 2. The molecule has 2 aliphatic rings. The smallest absolute Gasteiger partial charge is 0.324 e. The van der Waals surface area contributed by atoms with E-state index >= 15 is 0 Å². The molecule has 1 unspecified atom stereocenters. The summed E-state index contributed by atoms with van der Waals surface area (Å²) in [4.78, 5) is 30.4. The first kappa shape index (κ1) is 22.5. The average molecular weight is 433 g/mol. The van der Waals surface area contributed by atoms with Crippen LogP contribution >= 0.6 is 11.3 Å². The molecule has 3 rings (SSSR count). The molecule has 0 bridgehead atoms. The number of hydrogen-bond acceptors (Lipinski definition) is 7. The molecule has 1 aliphatic carbocycles. The van der Waals surface area contributed by atoms with E-state index in [1.54, 1.807) is 0 Å². The van der Waals surface area contributed by atoms with Crippen molar-refractivity contribution in [2.24, 2.45) is 11.8 Å². The van der Waals surface area contributed by atoms with Crippen molar-refractivity contribution in [3.05, 3.63) is 16.0 Å². The van der Waals surface area contributed by atoms with Gasteiger partial charge < -0.3 is 21.3 Å². The molecule has 1 saturated heterocycles. The molecule has 0 aromatic carbocycles. The first-order valence-corrected chi connectivity index (χ1v) is 11.4. The standard InChI is InChI=1S/C21H32N6O2S/c1-4-6-27(21(29)24-5-7-26(2)3)20(28)14-8-13-9-15-16(11-22)19(23)30-18(15)10-17(13)25-12-14/h13-14,17,25H,4-10,12,23H2,1-3H3,(H,24,29)/t13?,14-,17-/m1/s1. The zero-order valence-electron chi connectivity index (χ0n) is 18.0. The van der Waals surface area contributed by atoms with Gasteiger partial charge in [0.15, 0.2) is 0 Å². The largest absolute Gasteiger partial charge is 0.389 e. The molecular formula is C21H32N6O2S. The number of thiophene rings is 1. The number of nitriles is 1. The quantitative estimate of drug-likeness (QED) is 0.626. The fraction of sp³-hybridized carbons (Fsp3) is 0.667. The van der Waals surface area contributed by atoms with Crippen LogP contribution in [0.15, 0.2) is 0 Å². The van der Waals surface area contributed by atoms with Gasteiger partial charge in [-0.3, -0.25) is 9.69 Å². The highest BCUT2D eigenvalue weighted by Crippen LogP contribution is 2.40. The number of rotatable bonds is 6. The summed E-state index contributed by atoms with van der Waals surface area (Å²) in [7, 11) is 3.89. The number of nitrogen functional groups attached to an aromatic ring is 1. The summed E-state index contributed by atoms with van der Waals surface area (Å²) in [5, 5.41) is 16.4. The van der Waals surface area contributed by atoms with Crippen molar-refractivity contribution < 1.29 is 9.59 Å². The number of nitrogens with zero attached hydrogens (tertiary/aromatic N) is 3. The van der Waals surface area contributed by atoms with E-state index in [0.717, 1.165) is 37.8 Å². The molecule has 2 heterocycles. The van der Waals surface area contributed by atoms with Crippen LogP contribution in [0.3, 0.4) is 0 Å². The van der Waals surface area contributed by atoms with Crippen LogP contribution in [0.2, 0.25) is 0 Å². The lowest BCUT2D eigenvalue weighted by atomic mass is 9.75. The zero-order chi connectivity index (χ0) is 21.8. The number of piperidine rings is 1. The second kappa shape index (κ2) is 9.77. The number of carbonyl (C=O) groups excluding carboxylic acids is 2. The summed E-state index contributed by atoms with van der Waals surface area (Å²) in [6.45, 7) is 4.19. The fourth-order valence-corrected chi connectivity index (χ4v) is 5.57. The van der Waals surface area contributed by atoms with E-state index in [2.05, 4.69) is 16.7 Å². The van der Waals surface area contributed by atoms with E-state index in [0.29, 0.717) is 36.2 Å². The van der Waals surface area contributed by atoms with Gasteiger partial charge in [0.25, 0.3) is 0 Å². The third kappa shape index (κ3) is 4.77. The number of amides is 3. The lowest BCUT2D eigenvalue weighted by Crippen LogP contribution is -2.55. The van der Waals surface area contributed by atoms with Crippen LogP contribution < -0.4 is 16.4 Å². The second-order valence-electron chi connectivity index (χ2n) is 8.50. The van der Waals surface area contributed by atoms with Crippen LogP contribution in [0.5, 0.6) is 0 Å². The van der Waals surface area contributed by atoms with E-state index in [9.17, 15) is 14.9 Å². The topological polar surface area (TPSA) is 114 Å². The van der Waals surface area contributed by atoms with Gasteiger partial charge in [-0.25, -0.2) is 4.79 Å². The van der Waals surface area contributed by atoms with Crippen molar-refractivity contribution in [3.63, 3.8) is 0 Å². The third-order valence-electron chi connectivity index (χ3n) is 6.03. The molecule has 3 amide bonds. The molecule has 4 N–H and O–H groups in total. The van der Waals surface area contributed by atoms with Gasteiger partial charge in [-0.1, -0.05) is 6.92 Å². The molecule has 3 atom stereocenters. The van der Waals surface area contributed by atoms with Crippen molar-refractivity contribution >= 4 is 28.3 Å². The number of fused-ring (bicyclic) bond motifs is 2. The number of carbonyl (C=O) groups is 2. The van der Waals surface area contributed by atoms with E-state index in [1.807, 2.05) is 25.9 Å². The molecule has 1 aliphatic heterocycles. The van der Waals surface area contributed by atoms with Crippen LogP contribution in [0.25, 0.3) is 0 Å². The summed E-state index contributed by atoms with van der Waals surface area (Å²) >= 11 is 1.51. The molecule has 8 nitrogen and oxygen atoms in total. The van der Waals surface area contributed by atoms with Gasteiger partial charge in [0.2, 0.25) is 5.91 Å². The minimum atomic E-state index is -0.311. The molecule has 0 radical (unpaired) electrons. The molecule has 9 heteroatoms. The van der Waals surface area contributed by atoms with Gasteiger partial charge in [0, 0.05) is 37.1 Å². The van der Waals surface area contributed by atoms with E-state index < -0.39 is 0 Å². The fourth-order valence-electron chi connectivity index (χ4n) is 4.46. The minimum absolute atomic E-state index is 0.110. The Hall–Kier alpha value is -2.15. The lowest BCUT2D eigenvalue weighted by molar-refractivity contribution is -0.134. The predicted octanol–water partition coefficient (Wildman–Crippen LogP) is 1.40. The Kier molecular flexibility index (Phi) is 7.34. The number of imide groups is 1. The molecule has 164 valence electrons. The highest BCUT2D eigenvalue weighted by atomic mass is 32.1. The molecular weight excluding hydrogens is 400 g/mol. The zero-order valence-corrected chi connectivity index (χ0v) is 18.8. The summed E-state index contributed by atoms with van der Waals surface area (Å²) in [6, 6.07) is 2.22. The number of urea groups is 1. The monoisotopic (exact) mass is 432 g/mol.